The minimum atomic E-state index is -1.08. The predicted octanol–water partition coefficient (Wildman–Crippen LogP) is 2.86. The molecule has 0 aromatic heterocycles. The first-order chi connectivity index (χ1) is 9.97. The SMILES string of the molecule is CC(NC(=O)CC1C=CCC1)C(O)c1ccc(F)c(F)c1. The summed E-state index contributed by atoms with van der Waals surface area (Å²) in [6.07, 6.45) is 5.33. The third kappa shape index (κ3) is 4.11. The molecule has 1 aromatic rings. The summed E-state index contributed by atoms with van der Waals surface area (Å²) >= 11 is 0. The second-order valence-corrected chi connectivity index (χ2v) is 5.44. The van der Waals surface area contributed by atoms with E-state index >= 15 is 0 Å². The molecule has 3 atom stereocenters. The fourth-order valence-corrected chi connectivity index (χ4v) is 2.48. The van der Waals surface area contributed by atoms with Crippen molar-refractivity contribution in [3.05, 3.63) is 47.5 Å². The van der Waals surface area contributed by atoms with Crippen LogP contribution >= 0.6 is 0 Å². The number of aliphatic hydroxyl groups is 1. The van der Waals surface area contributed by atoms with Crippen molar-refractivity contribution in [2.24, 2.45) is 5.92 Å². The van der Waals surface area contributed by atoms with Crippen molar-refractivity contribution in [3.63, 3.8) is 0 Å². The van der Waals surface area contributed by atoms with Crippen LogP contribution in [-0.4, -0.2) is 17.1 Å². The van der Waals surface area contributed by atoms with E-state index in [1.165, 1.54) is 6.07 Å². The van der Waals surface area contributed by atoms with Crippen LogP contribution in [0, 0.1) is 17.6 Å². The van der Waals surface area contributed by atoms with E-state index in [1.54, 1.807) is 6.92 Å². The first-order valence-corrected chi connectivity index (χ1v) is 7.06. The Kier molecular flexibility index (Phi) is 5.07. The van der Waals surface area contributed by atoms with Gasteiger partial charge in [0.25, 0.3) is 0 Å². The summed E-state index contributed by atoms with van der Waals surface area (Å²) in [7, 11) is 0. The molecule has 114 valence electrons. The lowest BCUT2D eigenvalue weighted by atomic mass is 10.0. The van der Waals surface area contributed by atoms with Gasteiger partial charge in [0.2, 0.25) is 5.91 Å². The molecule has 0 aliphatic heterocycles. The van der Waals surface area contributed by atoms with Gasteiger partial charge in [-0.05, 0) is 43.4 Å². The highest BCUT2D eigenvalue weighted by atomic mass is 19.2. The smallest absolute Gasteiger partial charge is 0.220 e. The molecule has 3 unspecified atom stereocenters. The summed E-state index contributed by atoms with van der Waals surface area (Å²) in [6.45, 7) is 1.63. The average Bonchev–Trinajstić information content (AvgIpc) is 2.93. The van der Waals surface area contributed by atoms with Gasteiger partial charge in [-0.25, -0.2) is 8.78 Å². The molecule has 0 spiro atoms. The van der Waals surface area contributed by atoms with Gasteiger partial charge in [-0.15, -0.1) is 0 Å². The molecule has 1 aliphatic carbocycles. The van der Waals surface area contributed by atoms with E-state index in [0.717, 1.165) is 25.0 Å². The normalized spacial score (nSPS) is 20.3. The van der Waals surface area contributed by atoms with Crippen molar-refractivity contribution in [1.29, 1.82) is 0 Å². The van der Waals surface area contributed by atoms with Gasteiger partial charge < -0.3 is 10.4 Å². The van der Waals surface area contributed by atoms with Gasteiger partial charge in [-0.3, -0.25) is 4.79 Å². The molecule has 5 heteroatoms. The summed E-state index contributed by atoms with van der Waals surface area (Å²) in [4.78, 5) is 11.9. The first kappa shape index (κ1) is 15.6. The van der Waals surface area contributed by atoms with E-state index < -0.39 is 23.8 Å². The molecule has 1 aliphatic rings. The van der Waals surface area contributed by atoms with Gasteiger partial charge in [-0.2, -0.15) is 0 Å². The molecule has 1 aromatic carbocycles. The number of nitrogens with one attached hydrogen (secondary N) is 1. The number of hydrogen-bond donors (Lipinski definition) is 2. The average molecular weight is 295 g/mol. The Morgan fingerprint density at radius 1 is 1.43 bits per heavy atom. The van der Waals surface area contributed by atoms with Gasteiger partial charge in [0.05, 0.1) is 12.1 Å². The van der Waals surface area contributed by atoms with Crippen molar-refractivity contribution < 1.29 is 18.7 Å². The maximum atomic E-state index is 13.2. The van der Waals surface area contributed by atoms with Crippen molar-refractivity contribution in [2.45, 2.75) is 38.3 Å². The van der Waals surface area contributed by atoms with Crippen LogP contribution in [-0.2, 0) is 4.79 Å². The van der Waals surface area contributed by atoms with E-state index in [1.807, 2.05) is 6.08 Å². The minimum Gasteiger partial charge on any atom is -0.386 e. The maximum Gasteiger partial charge on any atom is 0.220 e. The van der Waals surface area contributed by atoms with Gasteiger partial charge in [0.15, 0.2) is 11.6 Å². The number of hydrogen-bond acceptors (Lipinski definition) is 2. The van der Waals surface area contributed by atoms with Crippen LogP contribution in [0.25, 0.3) is 0 Å². The number of benzene rings is 1. The Bertz CT molecular complexity index is 545. The molecule has 21 heavy (non-hydrogen) atoms. The topological polar surface area (TPSA) is 49.3 Å². The second kappa shape index (κ2) is 6.80. The summed E-state index contributed by atoms with van der Waals surface area (Å²) in [5.74, 6) is -1.88. The molecule has 0 fully saturated rings. The molecule has 0 heterocycles. The summed E-state index contributed by atoms with van der Waals surface area (Å²) < 4.78 is 26.0. The lowest BCUT2D eigenvalue weighted by Gasteiger charge is -2.21. The molecule has 2 rings (SSSR count). The molecule has 0 saturated carbocycles. The van der Waals surface area contributed by atoms with E-state index in [9.17, 15) is 18.7 Å². The Balaban J connectivity index is 1.91. The van der Waals surface area contributed by atoms with Gasteiger partial charge in [-0.1, -0.05) is 18.2 Å². The Morgan fingerprint density at radius 2 is 2.19 bits per heavy atom. The Hall–Kier alpha value is -1.75. The standard InChI is InChI=1S/C16H19F2NO2/c1-10(19-15(20)8-11-4-2-3-5-11)16(21)12-6-7-13(17)14(18)9-12/h2,4,6-7,9-11,16,21H,3,5,8H2,1H3,(H,19,20). The van der Waals surface area contributed by atoms with E-state index in [0.29, 0.717) is 6.42 Å². The quantitative estimate of drug-likeness (QED) is 0.821. The highest BCUT2D eigenvalue weighted by molar-refractivity contribution is 5.76. The molecule has 1 amide bonds. The highest BCUT2D eigenvalue weighted by Crippen LogP contribution is 2.22. The summed E-state index contributed by atoms with van der Waals surface area (Å²) in [5, 5.41) is 12.8. The van der Waals surface area contributed by atoms with E-state index in [2.05, 4.69) is 11.4 Å². The zero-order chi connectivity index (χ0) is 15.4. The number of allylic oxidation sites excluding steroid dienone is 2. The van der Waals surface area contributed by atoms with Gasteiger partial charge in [0.1, 0.15) is 0 Å². The van der Waals surface area contributed by atoms with Gasteiger partial charge in [0, 0.05) is 6.42 Å². The van der Waals surface area contributed by atoms with Crippen LogP contribution < -0.4 is 5.32 Å². The molecule has 3 nitrogen and oxygen atoms in total. The van der Waals surface area contributed by atoms with Crippen LogP contribution in [0.2, 0.25) is 0 Å². The third-order valence-electron chi connectivity index (χ3n) is 3.71. The monoisotopic (exact) mass is 295 g/mol. The maximum absolute atomic E-state index is 13.2. The zero-order valence-corrected chi connectivity index (χ0v) is 11.9. The largest absolute Gasteiger partial charge is 0.386 e. The Morgan fingerprint density at radius 3 is 2.81 bits per heavy atom. The predicted molar refractivity (Wildman–Crippen MR) is 75.4 cm³/mol. The van der Waals surface area contributed by atoms with Gasteiger partial charge >= 0.3 is 0 Å². The number of aliphatic hydroxyl groups excluding tert-OH is 1. The number of rotatable bonds is 5. The third-order valence-corrected chi connectivity index (χ3v) is 3.71. The minimum absolute atomic E-state index is 0.152. The van der Waals surface area contributed by atoms with Crippen LogP contribution in [0.15, 0.2) is 30.4 Å². The molecule has 0 bridgehead atoms. The number of carbonyl (C=O) groups excluding carboxylic acids is 1. The summed E-state index contributed by atoms with van der Waals surface area (Å²) in [6, 6.07) is 2.65. The van der Waals surface area contributed by atoms with Crippen LogP contribution in [0.1, 0.15) is 37.9 Å². The number of amides is 1. The lowest BCUT2D eigenvalue weighted by Crippen LogP contribution is -2.37. The Labute approximate surface area is 122 Å². The molecule has 0 saturated heterocycles. The lowest BCUT2D eigenvalue weighted by molar-refractivity contribution is -0.123. The van der Waals surface area contributed by atoms with Crippen molar-refractivity contribution in [3.8, 4) is 0 Å². The molecule has 2 N–H and O–H groups in total. The van der Waals surface area contributed by atoms with Crippen molar-refractivity contribution in [2.75, 3.05) is 0 Å². The fourth-order valence-electron chi connectivity index (χ4n) is 2.48. The van der Waals surface area contributed by atoms with E-state index in [4.69, 9.17) is 0 Å². The summed E-state index contributed by atoms with van der Waals surface area (Å²) in [5.41, 5.74) is 0.238. The highest BCUT2D eigenvalue weighted by Gasteiger charge is 2.21. The van der Waals surface area contributed by atoms with Crippen molar-refractivity contribution in [1.82, 2.24) is 5.32 Å². The second-order valence-electron chi connectivity index (χ2n) is 5.44. The zero-order valence-electron chi connectivity index (χ0n) is 11.9. The molecular weight excluding hydrogens is 276 g/mol. The molecule has 0 radical (unpaired) electrons. The van der Waals surface area contributed by atoms with E-state index in [-0.39, 0.29) is 17.4 Å². The number of halogens is 2. The first-order valence-electron chi connectivity index (χ1n) is 7.06. The van der Waals surface area contributed by atoms with Crippen LogP contribution in [0.3, 0.4) is 0 Å². The number of carbonyl (C=O) groups is 1. The molecular formula is C16H19F2NO2. The van der Waals surface area contributed by atoms with Crippen LogP contribution in [0.5, 0.6) is 0 Å². The van der Waals surface area contributed by atoms with Crippen molar-refractivity contribution >= 4 is 5.91 Å². The van der Waals surface area contributed by atoms with Crippen LogP contribution in [0.4, 0.5) is 8.78 Å². The fraction of sp³-hybridized carbons (Fsp3) is 0.438.